The smallest absolute Gasteiger partial charge is 0.172 e. The Bertz CT molecular complexity index is 300. The molecule has 0 radical (unpaired) electrons. The highest BCUT2D eigenvalue weighted by molar-refractivity contribution is 5.27. The van der Waals surface area contributed by atoms with Gasteiger partial charge in [0.05, 0.1) is 0 Å². The van der Waals surface area contributed by atoms with Gasteiger partial charge in [0.15, 0.2) is 12.4 Å². The number of aryl methyl sites for hydroxylation is 1. The Labute approximate surface area is 87.8 Å². The molecule has 1 heterocycles. The molecule has 0 amide bonds. The van der Waals surface area contributed by atoms with Crippen molar-refractivity contribution in [1.82, 2.24) is 0 Å². The quantitative estimate of drug-likeness (QED) is 0.647. The Morgan fingerprint density at radius 2 is 1.64 bits per heavy atom. The van der Waals surface area contributed by atoms with E-state index in [2.05, 4.69) is 57.6 Å². The molecule has 0 aliphatic heterocycles. The summed E-state index contributed by atoms with van der Waals surface area (Å²) < 4.78 is 2.25. The van der Waals surface area contributed by atoms with Crippen molar-refractivity contribution in [3.63, 3.8) is 0 Å². The lowest BCUT2D eigenvalue weighted by Gasteiger charge is -2.13. The molecule has 0 saturated carbocycles. The van der Waals surface area contributed by atoms with E-state index in [1.54, 1.807) is 0 Å². The van der Waals surface area contributed by atoms with Crippen LogP contribution in [0.4, 0.5) is 0 Å². The zero-order valence-corrected chi connectivity index (χ0v) is 10.0. The van der Waals surface area contributed by atoms with E-state index >= 15 is 0 Å². The monoisotopic (exact) mass is 192 g/mol. The van der Waals surface area contributed by atoms with Gasteiger partial charge in [-0.05, 0) is 24.3 Å². The first kappa shape index (κ1) is 11.2. The van der Waals surface area contributed by atoms with Crippen molar-refractivity contribution in [2.24, 2.45) is 0 Å². The third-order valence-electron chi connectivity index (χ3n) is 2.69. The van der Waals surface area contributed by atoms with Crippen molar-refractivity contribution in [3.05, 3.63) is 29.6 Å². The third-order valence-corrected chi connectivity index (χ3v) is 2.69. The highest BCUT2D eigenvalue weighted by Crippen LogP contribution is 2.24. The summed E-state index contributed by atoms with van der Waals surface area (Å²) in [6.45, 7) is 12.3. The fourth-order valence-electron chi connectivity index (χ4n) is 1.77. The molecule has 14 heavy (non-hydrogen) atoms. The van der Waals surface area contributed by atoms with E-state index in [4.69, 9.17) is 0 Å². The van der Waals surface area contributed by atoms with E-state index in [0.29, 0.717) is 11.8 Å². The van der Waals surface area contributed by atoms with Gasteiger partial charge in [-0.2, -0.15) is 0 Å². The van der Waals surface area contributed by atoms with Crippen LogP contribution in [0.1, 0.15) is 57.6 Å². The average molecular weight is 192 g/mol. The summed E-state index contributed by atoms with van der Waals surface area (Å²) in [5.41, 5.74) is 2.98. The Morgan fingerprint density at radius 1 is 1.07 bits per heavy atom. The number of aromatic nitrogens is 1. The highest BCUT2D eigenvalue weighted by Gasteiger charge is 2.13. The zero-order chi connectivity index (χ0) is 10.7. The van der Waals surface area contributed by atoms with Crippen LogP contribution in [-0.4, -0.2) is 0 Å². The van der Waals surface area contributed by atoms with Crippen molar-refractivity contribution >= 4 is 0 Å². The van der Waals surface area contributed by atoms with Gasteiger partial charge >= 0.3 is 0 Å². The molecule has 1 nitrogen and oxygen atoms in total. The van der Waals surface area contributed by atoms with Crippen molar-refractivity contribution in [1.29, 1.82) is 0 Å². The van der Waals surface area contributed by atoms with E-state index in [-0.39, 0.29) is 0 Å². The molecule has 1 heteroatoms. The maximum Gasteiger partial charge on any atom is 0.172 e. The van der Waals surface area contributed by atoms with Gasteiger partial charge in [0.1, 0.15) is 6.54 Å². The summed E-state index contributed by atoms with van der Waals surface area (Å²) in [5, 5.41) is 0. The topological polar surface area (TPSA) is 3.88 Å². The predicted octanol–water partition coefficient (Wildman–Crippen LogP) is 3.24. The molecular formula is C13H22N+. The van der Waals surface area contributed by atoms with Crippen LogP contribution in [0.25, 0.3) is 0 Å². The van der Waals surface area contributed by atoms with Crippen molar-refractivity contribution in [2.45, 2.75) is 53.0 Å². The van der Waals surface area contributed by atoms with Crippen LogP contribution < -0.4 is 4.57 Å². The molecule has 0 fully saturated rings. The van der Waals surface area contributed by atoms with Crippen LogP contribution in [0, 0.1) is 0 Å². The van der Waals surface area contributed by atoms with Crippen LogP contribution in [0.2, 0.25) is 0 Å². The van der Waals surface area contributed by atoms with Gasteiger partial charge in [-0.25, -0.2) is 4.57 Å². The Morgan fingerprint density at radius 3 is 2.07 bits per heavy atom. The minimum absolute atomic E-state index is 0.617. The van der Waals surface area contributed by atoms with Gasteiger partial charge in [-0.3, -0.25) is 0 Å². The van der Waals surface area contributed by atoms with Gasteiger partial charge in [0, 0.05) is 11.6 Å². The van der Waals surface area contributed by atoms with Gasteiger partial charge in [-0.1, -0.05) is 27.7 Å². The molecule has 0 spiro atoms. The molecule has 0 atom stereocenters. The first-order valence-corrected chi connectivity index (χ1v) is 5.59. The number of rotatable bonds is 3. The Kier molecular flexibility index (Phi) is 3.68. The van der Waals surface area contributed by atoms with Crippen LogP contribution >= 0.6 is 0 Å². The number of hydrogen-bond acceptors (Lipinski definition) is 0. The molecule has 0 aliphatic carbocycles. The molecule has 0 aromatic carbocycles. The fourth-order valence-corrected chi connectivity index (χ4v) is 1.77. The number of nitrogens with zero attached hydrogens (tertiary/aromatic N) is 1. The Balaban J connectivity index is 3.17. The second-order valence-electron chi connectivity index (χ2n) is 4.50. The Hall–Kier alpha value is -0.850. The summed E-state index contributed by atoms with van der Waals surface area (Å²) in [4.78, 5) is 0. The maximum atomic E-state index is 2.29. The van der Waals surface area contributed by atoms with Crippen LogP contribution in [-0.2, 0) is 6.54 Å². The van der Waals surface area contributed by atoms with E-state index in [1.807, 2.05) is 0 Å². The molecule has 0 unspecified atom stereocenters. The lowest BCUT2D eigenvalue weighted by Crippen LogP contribution is -2.32. The van der Waals surface area contributed by atoms with E-state index < -0.39 is 0 Å². The van der Waals surface area contributed by atoms with Gasteiger partial charge < -0.3 is 0 Å². The summed E-state index contributed by atoms with van der Waals surface area (Å²) >= 11 is 0. The second-order valence-corrected chi connectivity index (χ2v) is 4.50. The molecule has 0 aliphatic rings. The van der Waals surface area contributed by atoms with Gasteiger partial charge in [0.2, 0.25) is 0 Å². The lowest BCUT2D eigenvalue weighted by atomic mass is 9.92. The van der Waals surface area contributed by atoms with Crippen LogP contribution in [0.15, 0.2) is 18.5 Å². The fraction of sp³-hybridized carbons (Fsp3) is 0.615. The summed E-state index contributed by atoms with van der Waals surface area (Å²) in [6, 6.07) is 2.27. The summed E-state index contributed by atoms with van der Waals surface area (Å²) in [5.74, 6) is 1.24. The standard InChI is InChI=1S/C13H22N/c1-6-14-8-7-12(10(2)3)13(9-14)11(4)5/h7-11H,6H2,1-5H3/q+1. The largest absolute Gasteiger partial charge is 0.205 e. The van der Waals surface area contributed by atoms with E-state index in [1.165, 1.54) is 11.1 Å². The van der Waals surface area contributed by atoms with Gasteiger partial charge in [-0.15, -0.1) is 0 Å². The van der Waals surface area contributed by atoms with Crippen LogP contribution in [0.3, 0.4) is 0 Å². The number of pyridine rings is 1. The van der Waals surface area contributed by atoms with E-state index in [9.17, 15) is 0 Å². The minimum Gasteiger partial charge on any atom is -0.205 e. The average Bonchev–Trinajstić information content (AvgIpc) is 2.16. The molecule has 0 bridgehead atoms. The summed E-state index contributed by atoms with van der Waals surface area (Å²) in [6.07, 6.45) is 4.47. The molecule has 1 rings (SSSR count). The van der Waals surface area contributed by atoms with Crippen molar-refractivity contribution in [2.75, 3.05) is 0 Å². The predicted molar refractivity (Wildman–Crippen MR) is 60.5 cm³/mol. The van der Waals surface area contributed by atoms with Crippen molar-refractivity contribution < 1.29 is 4.57 Å². The van der Waals surface area contributed by atoms with Crippen LogP contribution in [0.5, 0.6) is 0 Å². The molecular weight excluding hydrogens is 170 g/mol. The highest BCUT2D eigenvalue weighted by atomic mass is 14.9. The summed E-state index contributed by atoms with van der Waals surface area (Å²) in [7, 11) is 0. The SMILES string of the molecule is CC[n+]1ccc(C(C)C)c(C(C)C)c1. The molecule has 78 valence electrons. The zero-order valence-electron chi connectivity index (χ0n) is 10.0. The second kappa shape index (κ2) is 4.59. The minimum atomic E-state index is 0.617. The lowest BCUT2D eigenvalue weighted by molar-refractivity contribution is -0.694. The maximum absolute atomic E-state index is 2.29. The molecule has 1 aromatic heterocycles. The van der Waals surface area contributed by atoms with E-state index in [0.717, 1.165) is 6.54 Å². The molecule has 0 N–H and O–H groups in total. The third kappa shape index (κ3) is 2.34. The van der Waals surface area contributed by atoms with Gasteiger partial charge in [0.25, 0.3) is 0 Å². The number of hydrogen-bond donors (Lipinski definition) is 0. The molecule has 0 saturated heterocycles. The van der Waals surface area contributed by atoms with Crippen molar-refractivity contribution in [3.8, 4) is 0 Å². The first-order valence-electron chi connectivity index (χ1n) is 5.59. The molecule has 1 aromatic rings. The normalized spacial score (nSPS) is 11.4. The first-order chi connectivity index (χ1) is 6.56.